The number of hydrogen-bond donors (Lipinski definition) is 1. The molecular weight excluding hydrogens is 538 g/mol. The van der Waals surface area contributed by atoms with Gasteiger partial charge in [-0.3, -0.25) is 13.9 Å². The van der Waals surface area contributed by atoms with Crippen LogP contribution >= 0.6 is 0 Å². The average Bonchev–Trinajstić information content (AvgIpc) is 2.95. The van der Waals surface area contributed by atoms with Crippen LogP contribution in [0.15, 0.2) is 77.7 Å². The molecule has 41 heavy (non-hydrogen) atoms. The number of hydrogen-bond acceptors (Lipinski definition) is 5. The lowest BCUT2D eigenvalue weighted by atomic mass is 10.1. The molecule has 2 amide bonds. The fourth-order valence-corrected chi connectivity index (χ4v) is 5.59. The van der Waals surface area contributed by atoms with Crippen molar-refractivity contribution in [2.24, 2.45) is 0 Å². The Hall–Kier alpha value is -3.85. The first kappa shape index (κ1) is 31.7. The predicted octanol–water partition coefficient (Wildman–Crippen LogP) is 5.23. The van der Waals surface area contributed by atoms with Crippen LogP contribution in [-0.4, -0.2) is 50.4 Å². The lowest BCUT2D eigenvalue weighted by Gasteiger charge is -2.32. The Bertz CT molecular complexity index is 1410. The van der Waals surface area contributed by atoms with Crippen LogP contribution in [0.5, 0.6) is 5.75 Å². The number of nitrogens with zero attached hydrogens (tertiary/aromatic N) is 2. The lowest BCUT2D eigenvalue weighted by Crippen LogP contribution is -2.52. The number of nitrogens with one attached hydrogen (secondary N) is 1. The molecule has 0 aliphatic heterocycles. The predicted molar refractivity (Wildman–Crippen MR) is 162 cm³/mol. The first-order valence-corrected chi connectivity index (χ1v) is 15.4. The smallest absolute Gasteiger partial charge is 0.264 e. The van der Waals surface area contributed by atoms with E-state index in [-0.39, 0.29) is 23.4 Å². The van der Waals surface area contributed by atoms with E-state index in [1.54, 1.807) is 43.3 Å². The number of anilines is 1. The Kier molecular flexibility index (Phi) is 10.9. The van der Waals surface area contributed by atoms with Crippen LogP contribution in [0.1, 0.15) is 50.8 Å². The highest BCUT2D eigenvalue weighted by atomic mass is 32.2. The van der Waals surface area contributed by atoms with Crippen LogP contribution in [0.4, 0.5) is 5.69 Å². The molecule has 2 atom stereocenters. The van der Waals surface area contributed by atoms with Crippen molar-refractivity contribution >= 4 is 27.5 Å². The Balaban J connectivity index is 2.02. The third-order valence-electron chi connectivity index (χ3n) is 6.97. The Morgan fingerprint density at radius 1 is 0.854 bits per heavy atom. The molecule has 0 saturated heterocycles. The molecule has 0 spiro atoms. The topological polar surface area (TPSA) is 96.0 Å². The second-order valence-electron chi connectivity index (χ2n) is 10.3. The second kappa shape index (κ2) is 14.2. The Morgan fingerprint density at radius 3 is 1.95 bits per heavy atom. The maximum Gasteiger partial charge on any atom is 0.264 e. The third-order valence-corrected chi connectivity index (χ3v) is 8.75. The van der Waals surface area contributed by atoms with Crippen LogP contribution in [0.2, 0.25) is 0 Å². The zero-order valence-electron chi connectivity index (χ0n) is 24.8. The van der Waals surface area contributed by atoms with Crippen molar-refractivity contribution in [2.45, 2.75) is 71.5 Å². The summed E-state index contributed by atoms with van der Waals surface area (Å²) in [7, 11) is -4.13. The summed E-state index contributed by atoms with van der Waals surface area (Å²) < 4.78 is 34.5. The Labute approximate surface area is 244 Å². The fourth-order valence-electron chi connectivity index (χ4n) is 4.18. The van der Waals surface area contributed by atoms with Gasteiger partial charge >= 0.3 is 0 Å². The van der Waals surface area contributed by atoms with Crippen molar-refractivity contribution in [1.82, 2.24) is 10.2 Å². The van der Waals surface area contributed by atoms with Crippen LogP contribution in [0.25, 0.3) is 0 Å². The van der Waals surface area contributed by atoms with Gasteiger partial charge in [0.25, 0.3) is 10.0 Å². The summed E-state index contributed by atoms with van der Waals surface area (Å²) in [6.07, 6.45) is 0.741. The lowest BCUT2D eigenvalue weighted by molar-refractivity contribution is -0.139. The van der Waals surface area contributed by atoms with E-state index < -0.39 is 28.5 Å². The van der Waals surface area contributed by atoms with Gasteiger partial charge in [-0.25, -0.2) is 8.42 Å². The van der Waals surface area contributed by atoms with Gasteiger partial charge in [0.1, 0.15) is 18.3 Å². The van der Waals surface area contributed by atoms with E-state index >= 15 is 0 Å². The molecule has 0 aromatic heterocycles. The summed E-state index contributed by atoms with van der Waals surface area (Å²) in [6.45, 7) is 11.4. The summed E-state index contributed by atoms with van der Waals surface area (Å²) in [5, 5.41) is 2.95. The maximum absolute atomic E-state index is 14.0. The summed E-state index contributed by atoms with van der Waals surface area (Å²) in [4.78, 5) is 28.7. The normalized spacial score (nSPS) is 12.7. The van der Waals surface area contributed by atoms with Crippen molar-refractivity contribution in [1.29, 1.82) is 0 Å². The number of ether oxygens (including phenoxy) is 1. The number of amides is 2. The zero-order valence-corrected chi connectivity index (χ0v) is 25.6. The molecule has 0 radical (unpaired) electrons. The van der Waals surface area contributed by atoms with Gasteiger partial charge in [0, 0.05) is 12.6 Å². The van der Waals surface area contributed by atoms with Gasteiger partial charge in [-0.1, -0.05) is 54.4 Å². The van der Waals surface area contributed by atoms with Gasteiger partial charge in [-0.05, 0) is 83.0 Å². The molecule has 0 heterocycles. The van der Waals surface area contributed by atoms with Gasteiger partial charge < -0.3 is 15.0 Å². The standard InChI is InChI=1S/C32H41N3O5S/c1-7-25(5)33-32(37)26(6)34(21-27-13-9-23(3)10-14-27)31(36)22-35(28-15-17-29(18-16-28)40-8-2)41(38,39)30-19-11-24(4)12-20-30/h9-20,25-26H,7-8,21-22H2,1-6H3,(H,33,37)/t25-,26-/m1/s1. The van der Waals surface area contributed by atoms with Gasteiger partial charge in [-0.2, -0.15) is 0 Å². The Morgan fingerprint density at radius 2 is 1.41 bits per heavy atom. The minimum absolute atomic E-state index is 0.0662. The van der Waals surface area contributed by atoms with Gasteiger partial charge in [0.05, 0.1) is 17.2 Å². The molecular formula is C32H41N3O5S. The minimum Gasteiger partial charge on any atom is -0.494 e. The van der Waals surface area contributed by atoms with E-state index in [4.69, 9.17) is 4.74 Å². The molecule has 3 aromatic carbocycles. The van der Waals surface area contributed by atoms with Crippen LogP contribution in [0, 0.1) is 13.8 Å². The van der Waals surface area contributed by atoms with Crippen LogP contribution in [0.3, 0.4) is 0 Å². The largest absolute Gasteiger partial charge is 0.494 e. The van der Waals surface area contributed by atoms with E-state index in [1.165, 1.54) is 17.0 Å². The van der Waals surface area contributed by atoms with Crippen LogP contribution < -0.4 is 14.4 Å². The molecule has 0 fully saturated rings. The second-order valence-corrected chi connectivity index (χ2v) is 12.1. The summed E-state index contributed by atoms with van der Waals surface area (Å²) in [5.74, 6) is -0.206. The van der Waals surface area contributed by atoms with Crippen molar-refractivity contribution in [3.63, 3.8) is 0 Å². The van der Waals surface area contributed by atoms with E-state index in [0.717, 1.165) is 27.4 Å². The third kappa shape index (κ3) is 8.33. The first-order chi connectivity index (χ1) is 19.5. The molecule has 1 N–H and O–H groups in total. The number of benzene rings is 3. The number of sulfonamides is 1. The quantitative estimate of drug-likeness (QED) is 0.299. The summed E-state index contributed by atoms with van der Waals surface area (Å²) in [6, 6.07) is 19.9. The average molecular weight is 580 g/mol. The van der Waals surface area contributed by atoms with Crippen molar-refractivity contribution in [2.75, 3.05) is 17.5 Å². The number of aryl methyl sites for hydroxylation is 2. The number of carbonyl (C=O) groups is 2. The van der Waals surface area contributed by atoms with Gasteiger partial charge in [-0.15, -0.1) is 0 Å². The first-order valence-electron chi connectivity index (χ1n) is 13.9. The number of rotatable bonds is 13. The highest BCUT2D eigenvalue weighted by Crippen LogP contribution is 2.27. The van der Waals surface area contributed by atoms with E-state index in [1.807, 2.05) is 58.9 Å². The molecule has 0 bridgehead atoms. The minimum atomic E-state index is -4.13. The van der Waals surface area contributed by atoms with Crippen LogP contribution in [-0.2, 0) is 26.2 Å². The number of carbonyl (C=O) groups excluding carboxylic acids is 2. The van der Waals surface area contributed by atoms with Crippen molar-refractivity contribution in [3.05, 3.63) is 89.5 Å². The van der Waals surface area contributed by atoms with E-state index in [0.29, 0.717) is 18.0 Å². The maximum atomic E-state index is 14.0. The van der Waals surface area contributed by atoms with Crippen molar-refractivity contribution in [3.8, 4) is 5.75 Å². The molecule has 220 valence electrons. The van der Waals surface area contributed by atoms with Crippen molar-refractivity contribution < 1.29 is 22.7 Å². The molecule has 3 aromatic rings. The highest BCUT2D eigenvalue weighted by molar-refractivity contribution is 7.92. The SMILES string of the molecule is CCOc1ccc(N(CC(=O)N(Cc2ccc(C)cc2)[C@H](C)C(=O)N[C@H](C)CC)S(=O)(=O)c2ccc(C)cc2)cc1. The fraction of sp³-hybridized carbons (Fsp3) is 0.375. The molecule has 0 aliphatic rings. The van der Waals surface area contributed by atoms with E-state index in [9.17, 15) is 18.0 Å². The molecule has 8 nitrogen and oxygen atoms in total. The van der Waals surface area contributed by atoms with E-state index in [2.05, 4.69) is 5.32 Å². The summed E-state index contributed by atoms with van der Waals surface area (Å²) >= 11 is 0. The van der Waals surface area contributed by atoms with Gasteiger partial charge in [0.15, 0.2) is 0 Å². The molecule has 0 saturated carbocycles. The van der Waals surface area contributed by atoms with Gasteiger partial charge in [0.2, 0.25) is 11.8 Å². The highest BCUT2D eigenvalue weighted by Gasteiger charge is 2.32. The summed E-state index contributed by atoms with van der Waals surface area (Å²) in [5.41, 5.74) is 3.13. The zero-order chi connectivity index (χ0) is 30.2. The molecule has 9 heteroatoms. The molecule has 0 unspecified atom stereocenters. The molecule has 0 aliphatic carbocycles. The molecule has 3 rings (SSSR count). The monoisotopic (exact) mass is 579 g/mol.